The highest BCUT2D eigenvalue weighted by Crippen LogP contribution is 2.33. The first-order valence-corrected chi connectivity index (χ1v) is 10.8. The van der Waals surface area contributed by atoms with Crippen LogP contribution in [0.1, 0.15) is 23.2 Å². The van der Waals surface area contributed by atoms with Gasteiger partial charge in [0.25, 0.3) is 5.91 Å². The second-order valence-electron chi connectivity index (χ2n) is 8.18. The van der Waals surface area contributed by atoms with Crippen LogP contribution in [-0.2, 0) is 0 Å². The van der Waals surface area contributed by atoms with Crippen molar-refractivity contribution in [2.45, 2.75) is 18.9 Å². The molecule has 0 amide bonds. The quantitative estimate of drug-likeness (QED) is 0.403. The van der Waals surface area contributed by atoms with E-state index in [2.05, 4.69) is 37.6 Å². The zero-order chi connectivity index (χ0) is 21.7. The van der Waals surface area contributed by atoms with E-state index < -0.39 is 0 Å². The normalized spacial score (nSPS) is 15.9. The Morgan fingerprint density at radius 2 is 1.78 bits per heavy atom. The summed E-state index contributed by atoms with van der Waals surface area (Å²) in [4.78, 5) is 24.5. The van der Waals surface area contributed by atoms with E-state index in [-0.39, 0.29) is 12.0 Å². The van der Waals surface area contributed by atoms with E-state index in [9.17, 15) is 9.90 Å². The van der Waals surface area contributed by atoms with E-state index in [4.69, 9.17) is 0 Å². The number of hydrogen-bond acceptors (Lipinski definition) is 7. The lowest BCUT2D eigenvalue weighted by Gasteiger charge is -2.31. The topological polar surface area (TPSA) is 95.3 Å². The number of hydrogen-bond donors (Lipinski definition) is 3. The van der Waals surface area contributed by atoms with Gasteiger partial charge < -0.3 is 20.6 Å². The highest BCUT2D eigenvalue weighted by molar-refractivity contribution is 6.10. The molecular weight excluding hydrogens is 404 g/mol. The molecule has 1 fully saturated rings. The van der Waals surface area contributed by atoms with Crippen molar-refractivity contribution in [2.75, 3.05) is 28.6 Å². The van der Waals surface area contributed by atoms with Crippen LogP contribution in [0, 0.1) is 0 Å². The third-order valence-corrected chi connectivity index (χ3v) is 6.12. The number of aromatic nitrogens is 3. The van der Waals surface area contributed by atoms with Crippen LogP contribution in [0.2, 0.25) is 0 Å². The van der Waals surface area contributed by atoms with Crippen molar-refractivity contribution in [3.8, 4) is 0 Å². The first-order chi connectivity index (χ1) is 15.7. The predicted octanol–water partition coefficient (Wildman–Crippen LogP) is 3.88. The van der Waals surface area contributed by atoms with Crippen LogP contribution in [0.25, 0.3) is 11.0 Å². The van der Waals surface area contributed by atoms with E-state index in [1.807, 2.05) is 36.4 Å². The minimum Gasteiger partial charge on any atom is -0.393 e. The highest BCUT2D eigenvalue weighted by Gasteiger charge is 2.24. The summed E-state index contributed by atoms with van der Waals surface area (Å²) in [6.45, 7) is 1.72. The molecule has 2 aliphatic heterocycles. The fraction of sp³-hybridized carbons (Fsp3) is 0.208. The van der Waals surface area contributed by atoms with Crippen LogP contribution in [0.5, 0.6) is 0 Å². The lowest BCUT2D eigenvalue weighted by Crippen LogP contribution is -2.35. The van der Waals surface area contributed by atoms with Crippen molar-refractivity contribution in [3.05, 3.63) is 66.4 Å². The molecule has 4 heterocycles. The van der Waals surface area contributed by atoms with Gasteiger partial charge in [-0.25, -0.2) is 4.98 Å². The molecule has 2 aromatic carbocycles. The number of aliphatic hydroxyl groups is 1. The summed E-state index contributed by atoms with van der Waals surface area (Å²) in [5, 5.41) is 16.3. The maximum atomic E-state index is 13.0. The van der Waals surface area contributed by atoms with Crippen molar-refractivity contribution >= 4 is 45.8 Å². The molecule has 4 aromatic rings. The van der Waals surface area contributed by atoms with Crippen molar-refractivity contribution in [2.24, 2.45) is 0 Å². The number of carbonyl (C=O) groups is 1. The van der Waals surface area contributed by atoms with Gasteiger partial charge in [-0.3, -0.25) is 9.36 Å². The molecule has 8 heteroatoms. The van der Waals surface area contributed by atoms with Crippen LogP contribution in [-0.4, -0.2) is 44.7 Å². The molecule has 2 aliphatic rings. The van der Waals surface area contributed by atoms with E-state index in [1.54, 1.807) is 16.8 Å². The molecule has 0 bridgehead atoms. The van der Waals surface area contributed by atoms with Crippen LogP contribution in [0.4, 0.5) is 28.8 Å². The Bertz CT molecular complexity index is 1320. The van der Waals surface area contributed by atoms with Crippen molar-refractivity contribution in [3.63, 3.8) is 0 Å². The Morgan fingerprint density at radius 3 is 2.59 bits per heavy atom. The van der Waals surface area contributed by atoms with Gasteiger partial charge in [0.15, 0.2) is 5.82 Å². The molecule has 0 radical (unpaired) electrons. The van der Waals surface area contributed by atoms with E-state index in [0.717, 1.165) is 43.0 Å². The van der Waals surface area contributed by atoms with Gasteiger partial charge in [-0.1, -0.05) is 12.1 Å². The number of nitrogens with one attached hydrogen (secondary N) is 2. The number of benzene rings is 2. The third-order valence-electron chi connectivity index (χ3n) is 6.12. The first kappa shape index (κ1) is 18.8. The average Bonchev–Trinajstić information content (AvgIpc) is 3.19. The molecular formula is C24H22N6O2. The average molecular weight is 426 g/mol. The monoisotopic (exact) mass is 426 g/mol. The smallest absolute Gasteiger partial charge is 0.264 e. The summed E-state index contributed by atoms with van der Waals surface area (Å²) in [6.07, 6.45) is 3.16. The molecule has 6 rings (SSSR count). The lowest BCUT2D eigenvalue weighted by atomic mass is 10.1. The minimum absolute atomic E-state index is 0.105. The van der Waals surface area contributed by atoms with E-state index in [0.29, 0.717) is 28.4 Å². The molecule has 0 saturated carbocycles. The molecule has 0 atom stereocenters. The number of carbonyl (C=O) groups excluding carboxylic acids is 1. The number of aliphatic hydroxyl groups excluding tert-OH is 1. The fourth-order valence-corrected chi connectivity index (χ4v) is 4.40. The zero-order valence-corrected chi connectivity index (χ0v) is 17.3. The second-order valence-corrected chi connectivity index (χ2v) is 8.18. The van der Waals surface area contributed by atoms with E-state index in [1.165, 1.54) is 0 Å². The Balaban J connectivity index is 1.30. The number of anilines is 5. The Labute approximate surface area is 184 Å². The molecule has 8 nitrogen and oxygen atoms in total. The summed E-state index contributed by atoms with van der Waals surface area (Å²) in [5.74, 6) is 0.940. The van der Waals surface area contributed by atoms with Gasteiger partial charge in [-0.15, -0.1) is 0 Å². The van der Waals surface area contributed by atoms with Crippen LogP contribution < -0.4 is 15.5 Å². The fourth-order valence-electron chi connectivity index (χ4n) is 4.40. The lowest BCUT2D eigenvalue weighted by molar-refractivity contribution is 0.0966. The number of rotatable bonds is 3. The molecule has 0 aliphatic carbocycles. The van der Waals surface area contributed by atoms with Gasteiger partial charge >= 0.3 is 0 Å². The third kappa shape index (κ3) is 3.16. The summed E-state index contributed by atoms with van der Waals surface area (Å²) in [5.41, 5.74) is 4.69. The van der Waals surface area contributed by atoms with Crippen molar-refractivity contribution in [1.29, 1.82) is 0 Å². The van der Waals surface area contributed by atoms with Gasteiger partial charge in [0.2, 0.25) is 5.95 Å². The Morgan fingerprint density at radius 1 is 1.00 bits per heavy atom. The molecule has 3 N–H and O–H groups in total. The molecule has 0 unspecified atom stereocenters. The maximum absolute atomic E-state index is 13.0. The molecule has 160 valence electrons. The molecule has 1 saturated heterocycles. The van der Waals surface area contributed by atoms with Gasteiger partial charge in [0.1, 0.15) is 5.52 Å². The standard InChI is InChI=1S/C24H22N6O2/c31-17-9-12-29(13-10-17)16-7-5-15(6-8-16)25-24-27-20-11-14-30-21(20)22(28-24)26-19-4-2-1-3-18(19)23(30)32/h1-8,11,14,17,31H,9-10,12-13H2,(H2,25,26,27,28). The summed E-state index contributed by atoms with van der Waals surface area (Å²) in [6, 6.07) is 17.4. The van der Waals surface area contributed by atoms with Crippen molar-refractivity contribution < 1.29 is 9.90 Å². The Kier molecular flexibility index (Phi) is 4.32. The largest absolute Gasteiger partial charge is 0.393 e. The summed E-state index contributed by atoms with van der Waals surface area (Å²) >= 11 is 0. The number of piperidine rings is 1. The first-order valence-electron chi connectivity index (χ1n) is 10.8. The van der Waals surface area contributed by atoms with Crippen LogP contribution in [0.15, 0.2) is 60.8 Å². The number of para-hydroxylation sites is 1. The van der Waals surface area contributed by atoms with Crippen molar-refractivity contribution in [1.82, 2.24) is 14.5 Å². The van der Waals surface area contributed by atoms with Gasteiger partial charge in [0, 0.05) is 30.7 Å². The molecule has 0 spiro atoms. The Hall–Kier alpha value is -3.91. The second kappa shape index (κ2) is 7.35. The zero-order valence-electron chi connectivity index (χ0n) is 17.3. The van der Waals surface area contributed by atoms with Crippen LogP contribution in [0.3, 0.4) is 0 Å². The van der Waals surface area contributed by atoms with Gasteiger partial charge in [-0.2, -0.15) is 4.98 Å². The minimum atomic E-state index is -0.185. The van der Waals surface area contributed by atoms with Gasteiger partial charge in [-0.05, 0) is 55.3 Å². The number of fused-ring (bicyclic) bond motifs is 1. The highest BCUT2D eigenvalue weighted by atomic mass is 16.3. The predicted molar refractivity (Wildman–Crippen MR) is 124 cm³/mol. The SMILES string of the molecule is O=C1c2ccccc2Nc2nc(Nc3ccc(N4CCC(O)CC4)cc3)nc3ccn1c23. The molecule has 2 aromatic heterocycles. The van der Waals surface area contributed by atoms with Crippen LogP contribution >= 0.6 is 0 Å². The van der Waals surface area contributed by atoms with Gasteiger partial charge in [0.05, 0.1) is 22.9 Å². The maximum Gasteiger partial charge on any atom is 0.264 e. The molecule has 32 heavy (non-hydrogen) atoms. The number of nitrogens with zero attached hydrogens (tertiary/aromatic N) is 4. The van der Waals surface area contributed by atoms with E-state index >= 15 is 0 Å². The summed E-state index contributed by atoms with van der Waals surface area (Å²) in [7, 11) is 0. The summed E-state index contributed by atoms with van der Waals surface area (Å²) < 4.78 is 1.59.